The van der Waals surface area contributed by atoms with Gasteiger partial charge < -0.3 is 14.8 Å². The van der Waals surface area contributed by atoms with Crippen LogP contribution in [0.4, 0.5) is 10.5 Å². The Morgan fingerprint density at radius 3 is 2.50 bits per heavy atom. The van der Waals surface area contributed by atoms with Gasteiger partial charge in [0.1, 0.15) is 17.7 Å². The lowest BCUT2D eigenvalue weighted by molar-refractivity contribution is -0.408. The number of carbonyl (C=O) groups excluding carboxylic acids is 3. The van der Waals surface area contributed by atoms with E-state index in [1.54, 1.807) is 44.5 Å². The maximum Gasteiger partial charge on any atom is 0.446 e. The summed E-state index contributed by atoms with van der Waals surface area (Å²) in [6.07, 6.45) is 1.55. The summed E-state index contributed by atoms with van der Waals surface area (Å²) in [6.45, 7) is 1.35. The predicted octanol–water partition coefficient (Wildman–Crippen LogP) is 1.26. The fourth-order valence-corrected chi connectivity index (χ4v) is 3.12. The zero-order valence-corrected chi connectivity index (χ0v) is 16.1. The molecule has 3 rings (SSSR count). The van der Waals surface area contributed by atoms with Crippen LogP contribution in [0.3, 0.4) is 0 Å². The minimum absolute atomic E-state index is 0.282. The number of aliphatic imine (C=N–C) groups is 1. The van der Waals surface area contributed by atoms with E-state index in [9.17, 15) is 14.4 Å². The van der Waals surface area contributed by atoms with E-state index in [-0.39, 0.29) is 5.84 Å². The first-order valence-electron chi connectivity index (χ1n) is 8.56. The minimum atomic E-state index is -0.855. The average Bonchev–Trinajstić information content (AvgIpc) is 2.69. The molecule has 2 aliphatic heterocycles. The number of hydrogen-bond acceptors (Lipinski definition) is 6. The van der Waals surface area contributed by atoms with Crippen molar-refractivity contribution in [2.75, 3.05) is 33.1 Å². The van der Waals surface area contributed by atoms with Gasteiger partial charge in [-0.2, -0.15) is 9.48 Å². The highest BCUT2D eigenvalue weighted by Gasteiger charge is 2.50. The van der Waals surface area contributed by atoms with Crippen molar-refractivity contribution >= 4 is 35.6 Å². The van der Waals surface area contributed by atoms with E-state index in [1.807, 2.05) is 0 Å². The molecule has 0 radical (unpaired) electrons. The van der Waals surface area contributed by atoms with E-state index in [0.29, 0.717) is 22.8 Å². The highest BCUT2D eigenvalue weighted by Crippen LogP contribution is 2.27. The third-order valence-corrected chi connectivity index (χ3v) is 4.57. The van der Waals surface area contributed by atoms with Gasteiger partial charge in [0.05, 0.1) is 21.3 Å². The van der Waals surface area contributed by atoms with E-state index >= 15 is 0 Å². The van der Waals surface area contributed by atoms with Crippen molar-refractivity contribution in [2.45, 2.75) is 6.92 Å². The normalized spacial score (nSPS) is 19.0. The highest BCUT2D eigenvalue weighted by molar-refractivity contribution is 6.17. The molecule has 0 bridgehead atoms. The Morgan fingerprint density at radius 1 is 1.21 bits per heavy atom. The second kappa shape index (κ2) is 7.63. The van der Waals surface area contributed by atoms with Gasteiger partial charge in [0.25, 0.3) is 11.7 Å². The fraction of sp³-hybridized carbons (Fsp3) is 0.316. The topological polar surface area (TPSA) is 100 Å². The van der Waals surface area contributed by atoms with E-state index in [1.165, 1.54) is 18.7 Å². The molecule has 4 amide bonds. The zero-order valence-electron chi connectivity index (χ0n) is 16.1. The number of amidine groups is 1. The van der Waals surface area contributed by atoms with Crippen molar-refractivity contribution in [3.8, 4) is 5.75 Å². The van der Waals surface area contributed by atoms with Crippen LogP contribution in [0.2, 0.25) is 0 Å². The molecule has 0 aromatic heterocycles. The summed E-state index contributed by atoms with van der Waals surface area (Å²) in [4.78, 5) is 43.1. The number of methoxy groups -OCH3 is 2. The van der Waals surface area contributed by atoms with Crippen LogP contribution in [0.5, 0.6) is 5.75 Å². The van der Waals surface area contributed by atoms with Gasteiger partial charge in [-0.3, -0.25) is 9.59 Å². The third kappa shape index (κ3) is 3.38. The number of fused-ring (bicyclic) bond motifs is 1. The monoisotopic (exact) mass is 385 g/mol. The quantitative estimate of drug-likeness (QED) is 0.769. The summed E-state index contributed by atoms with van der Waals surface area (Å²) in [6, 6.07) is 6.10. The molecule has 2 aliphatic rings. The minimum Gasteiger partial charge on any atom is -0.499 e. The maximum atomic E-state index is 13.0. The standard InChI is InChI=1S/C19H20N4O5/c1-11-9-20-17-15(16(11)28-4)18(25)23(19(26)22(17)2)10-14(24)21-12-5-7-13(27-3)8-6-12/h5-9,15H,10H2,1-4H3/p+1. The van der Waals surface area contributed by atoms with E-state index in [0.717, 1.165) is 4.90 Å². The zero-order chi connectivity index (χ0) is 20.4. The van der Waals surface area contributed by atoms with Crippen LogP contribution < -0.4 is 10.1 Å². The summed E-state index contributed by atoms with van der Waals surface area (Å²) in [7, 11) is 4.51. The molecule has 1 atom stereocenters. The molecule has 0 fully saturated rings. The third-order valence-electron chi connectivity index (χ3n) is 4.57. The summed E-state index contributed by atoms with van der Waals surface area (Å²) in [5, 5.41) is 2.66. The molecule has 1 unspecified atom stereocenters. The van der Waals surface area contributed by atoms with Crippen LogP contribution in [0.15, 0.2) is 40.6 Å². The average molecular weight is 385 g/mol. The van der Waals surface area contributed by atoms with Crippen molar-refractivity contribution in [2.24, 2.45) is 10.9 Å². The Hall–Kier alpha value is -3.49. The van der Waals surface area contributed by atoms with Crippen molar-refractivity contribution in [3.05, 3.63) is 35.6 Å². The molecule has 1 aromatic carbocycles. The Labute approximate surface area is 161 Å². The number of rotatable bonds is 5. The van der Waals surface area contributed by atoms with E-state index in [2.05, 4.69) is 10.3 Å². The number of allylic oxidation sites excluding steroid dienone is 1. The summed E-state index contributed by atoms with van der Waals surface area (Å²) < 4.78 is 11.7. The number of anilines is 1. The molecular weight excluding hydrogens is 364 g/mol. The fourth-order valence-electron chi connectivity index (χ4n) is 3.12. The molecule has 0 aliphatic carbocycles. The number of hydrogen-bond donors (Lipinski definition) is 1. The number of benzene rings is 1. The van der Waals surface area contributed by atoms with Crippen LogP contribution in [0.1, 0.15) is 6.92 Å². The number of nitrogens with zero attached hydrogens (tertiary/aromatic N) is 3. The molecule has 0 spiro atoms. The second-order valence-electron chi connectivity index (χ2n) is 6.34. The Morgan fingerprint density at radius 2 is 1.89 bits per heavy atom. The van der Waals surface area contributed by atoms with Gasteiger partial charge in [-0.15, -0.1) is 4.99 Å². The predicted molar refractivity (Wildman–Crippen MR) is 102 cm³/mol. The molecule has 2 heterocycles. The van der Waals surface area contributed by atoms with Gasteiger partial charge in [-0.05, 0) is 31.2 Å². The van der Waals surface area contributed by atoms with Gasteiger partial charge in [-0.25, -0.2) is 4.79 Å². The van der Waals surface area contributed by atoms with Crippen LogP contribution in [0, 0.1) is 5.92 Å². The summed E-state index contributed by atoms with van der Waals surface area (Å²) >= 11 is 0. The number of dihydropyridines is 1. The lowest BCUT2D eigenvalue weighted by atomic mass is 9.96. The first-order chi connectivity index (χ1) is 13.4. The van der Waals surface area contributed by atoms with Crippen LogP contribution >= 0.6 is 0 Å². The maximum absolute atomic E-state index is 13.0. The number of urea groups is 1. The number of imide groups is 1. The molecule has 9 heteroatoms. The lowest BCUT2D eigenvalue weighted by Crippen LogP contribution is -2.56. The first kappa shape index (κ1) is 19.3. The molecule has 0 saturated heterocycles. The molecule has 0 saturated carbocycles. The number of nitrogens with one attached hydrogen (secondary N) is 1. The molecule has 9 nitrogen and oxygen atoms in total. The largest absolute Gasteiger partial charge is 0.499 e. The van der Waals surface area contributed by atoms with Gasteiger partial charge in [0, 0.05) is 11.3 Å². The van der Waals surface area contributed by atoms with Gasteiger partial charge in [0.2, 0.25) is 0 Å². The molecule has 28 heavy (non-hydrogen) atoms. The molecule has 1 aromatic rings. The van der Waals surface area contributed by atoms with Crippen LogP contribution in [0.25, 0.3) is 0 Å². The highest BCUT2D eigenvalue weighted by atomic mass is 16.5. The summed E-state index contributed by atoms with van der Waals surface area (Å²) in [5.74, 6) is -0.555. The Balaban J connectivity index is 1.81. The Kier molecular flexibility index (Phi) is 5.25. The molecular formula is C19H21N4O5+. The van der Waals surface area contributed by atoms with Crippen molar-refractivity contribution in [1.29, 1.82) is 0 Å². The van der Waals surface area contributed by atoms with Gasteiger partial charge >= 0.3 is 11.9 Å². The smallest absolute Gasteiger partial charge is 0.446 e. The van der Waals surface area contributed by atoms with Gasteiger partial charge in [0.15, 0.2) is 12.5 Å². The van der Waals surface area contributed by atoms with E-state index in [4.69, 9.17) is 9.47 Å². The first-order valence-corrected chi connectivity index (χ1v) is 8.56. The van der Waals surface area contributed by atoms with Crippen molar-refractivity contribution in [3.63, 3.8) is 0 Å². The number of ether oxygens (including phenoxy) is 2. The number of carbonyl (C=O) groups is 3. The molecule has 1 N–H and O–H groups in total. The van der Waals surface area contributed by atoms with E-state index < -0.39 is 30.3 Å². The summed E-state index contributed by atoms with van der Waals surface area (Å²) in [5.41, 5.74) is 1.22. The SMILES string of the molecule is COC1=C(C)C=NC2=[N+](C)C(=O)N(CC(=O)Nc3ccc(OC)cc3)C(=O)C12. The lowest BCUT2D eigenvalue weighted by Gasteiger charge is -2.28. The van der Waals surface area contributed by atoms with Crippen molar-refractivity contribution in [1.82, 2.24) is 4.90 Å². The van der Waals surface area contributed by atoms with Gasteiger partial charge in [-0.1, -0.05) is 0 Å². The number of amides is 4. The van der Waals surface area contributed by atoms with Crippen LogP contribution in [-0.4, -0.2) is 67.2 Å². The van der Waals surface area contributed by atoms with Crippen LogP contribution in [-0.2, 0) is 14.3 Å². The second-order valence-corrected chi connectivity index (χ2v) is 6.34. The molecule has 146 valence electrons. The Bertz CT molecular complexity index is 930. The van der Waals surface area contributed by atoms with Crippen molar-refractivity contribution < 1.29 is 28.4 Å².